The average Bonchev–Trinajstić information content (AvgIpc) is 2.20. The zero-order valence-corrected chi connectivity index (χ0v) is 8.83. The van der Waals surface area contributed by atoms with Crippen molar-refractivity contribution in [2.45, 2.75) is 25.7 Å². The molecule has 4 heteroatoms. The maximum atomic E-state index is 13.5. The Balaban J connectivity index is 2.32. The molecule has 0 N–H and O–H groups in total. The molecule has 1 saturated heterocycles. The van der Waals surface area contributed by atoms with E-state index in [0.717, 1.165) is 5.56 Å². The summed E-state index contributed by atoms with van der Waals surface area (Å²) in [6, 6.07) is 4.68. The van der Waals surface area contributed by atoms with Gasteiger partial charge in [-0.25, -0.2) is 4.39 Å². The van der Waals surface area contributed by atoms with Crippen LogP contribution in [0.1, 0.15) is 29.9 Å². The topological polar surface area (TPSA) is 43.4 Å². The number of hydrogen-bond donors (Lipinski definition) is 0. The van der Waals surface area contributed by atoms with Crippen molar-refractivity contribution in [3.8, 4) is 0 Å². The Morgan fingerprint density at radius 2 is 1.88 bits per heavy atom. The van der Waals surface area contributed by atoms with Crippen LogP contribution < -0.4 is 0 Å². The second-order valence-corrected chi connectivity index (χ2v) is 3.98. The summed E-state index contributed by atoms with van der Waals surface area (Å²) in [5.41, 5.74) is 1.33. The number of halogens is 1. The lowest BCUT2D eigenvalue weighted by atomic mass is 9.90. The van der Waals surface area contributed by atoms with E-state index < -0.39 is 17.9 Å². The Labute approximate surface area is 92.2 Å². The maximum absolute atomic E-state index is 13.5. The van der Waals surface area contributed by atoms with Crippen LogP contribution in [0.4, 0.5) is 4.39 Å². The zero-order valence-electron chi connectivity index (χ0n) is 8.83. The van der Waals surface area contributed by atoms with Gasteiger partial charge in [-0.15, -0.1) is 0 Å². The van der Waals surface area contributed by atoms with Crippen molar-refractivity contribution >= 4 is 11.9 Å². The predicted octanol–water partition coefficient (Wildman–Crippen LogP) is 2.08. The van der Waals surface area contributed by atoms with Crippen molar-refractivity contribution in [3.63, 3.8) is 0 Å². The van der Waals surface area contributed by atoms with E-state index in [4.69, 9.17) is 0 Å². The molecule has 1 aromatic rings. The van der Waals surface area contributed by atoms with Gasteiger partial charge < -0.3 is 4.74 Å². The molecule has 1 fully saturated rings. The third kappa shape index (κ3) is 2.10. The van der Waals surface area contributed by atoms with E-state index in [1.54, 1.807) is 12.1 Å². The minimum absolute atomic E-state index is 0.0616. The van der Waals surface area contributed by atoms with Crippen molar-refractivity contribution in [1.82, 2.24) is 0 Å². The molecule has 0 atom stereocenters. The Hall–Kier alpha value is -1.71. The molecule has 84 valence electrons. The summed E-state index contributed by atoms with van der Waals surface area (Å²) in [4.78, 5) is 22.2. The molecule has 0 amide bonds. The monoisotopic (exact) mass is 222 g/mol. The van der Waals surface area contributed by atoms with Gasteiger partial charge in [-0.2, -0.15) is 0 Å². The second-order valence-electron chi connectivity index (χ2n) is 3.98. The Morgan fingerprint density at radius 3 is 2.50 bits per heavy atom. The third-order valence-corrected chi connectivity index (χ3v) is 2.65. The van der Waals surface area contributed by atoms with Crippen LogP contribution in [0.3, 0.4) is 0 Å². The average molecular weight is 222 g/mol. The molecule has 1 heterocycles. The van der Waals surface area contributed by atoms with E-state index in [0.29, 0.717) is 5.56 Å². The largest absolute Gasteiger partial charge is 0.393 e. The molecule has 0 aromatic heterocycles. The highest BCUT2D eigenvalue weighted by Gasteiger charge is 2.29. The number of ether oxygens (including phenoxy) is 1. The standard InChI is InChI=1S/C12H11FO3/c1-7-2-3-10(13)9(4-7)8-5-11(14)16-12(15)6-8/h2-4,8H,5-6H2,1H3. The van der Waals surface area contributed by atoms with Gasteiger partial charge in [0, 0.05) is 5.92 Å². The lowest BCUT2D eigenvalue weighted by molar-refractivity contribution is -0.163. The number of benzene rings is 1. The summed E-state index contributed by atoms with van der Waals surface area (Å²) in [6.45, 7) is 1.84. The molecule has 0 saturated carbocycles. The SMILES string of the molecule is Cc1ccc(F)c(C2CC(=O)OC(=O)C2)c1. The van der Waals surface area contributed by atoms with Gasteiger partial charge >= 0.3 is 11.9 Å². The lowest BCUT2D eigenvalue weighted by Gasteiger charge is -2.20. The van der Waals surface area contributed by atoms with Gasteiger partial charge in [-0.3, -0.25) is 9.59 Å². The number of hydrogen-bond acceptors (Lipinski definition) is 3. The van der Waals surface area contributed by atoms with Gasteiger partial charge in [0.2, 0.25) is 0 Å². The quantitative estimate of drug-likeness (QED) is 0.539. The van der Waals surface area contributed by atoms with Crippen molar-refractivity contribution in [1.29, 1.82) is 0 Å². The molecule has 3 nitrogen and oxygen atoms in total. The Bertz CT molecular complexity index is 438. The number of cyclic esters (lactones) is 2. The number of aryl methyl sites for hydroxylation is 1. The molecule has 16 heavy (non-hydrogen) atoms. The number of carbonyl (C=O) groups is 2. The summed E-state index contributed by atoms with van der Waals surface area (Å²) < 4.78 is 18.0. The minimum Gasteiger partial charge on any atom is -0.393 e. The highest BCUT2D eigenvalue weighted by Crippen LogP contribution is 2.30. The van der Waals surface area contributed by atoms with Crippen LogP contribution in [0.25, 0.3) is 0 Å². The first-order valence-corrected chi connectivity index (χ1v) is 5.06. The van der Waals surface area contributed by atoms with E-state index in [9.17, 15) is 14.0 Å². The summed E-state index contributed by atoms with van der Waals surface area (Å²) in [6.07, 6.45) is 0.123. The fourth-order valence-corrected chi connectivity index (χ4v) is 1.88. The third-order valence-electron chi connectivity index (χ3n) is 2.65. The van der Waals surface area contributed by atoms with Gasteiger partial charge in [0.15, 0.2) is 0 Å². The van der Waals surface area contributed by atoms with Crippen molar-refractivity contribution in [3.05, 3.63) is 35.1 Å². The maximum Gasteiger partial charge on any atom is 0.314 e. The minimum atomic E-state index is -0.581. The van der Waals surface area contributed by atoms with E-state index in [1.807, 2.05) is 6.92 Å². The van der Waals surface area contributed by atoms with Gasteiger partial charge in [0.1, 0.15) is 5.82 Å². The van der Waals surface area contributed by atoms with Crippen molar-refractivity contribution in [2.75, 3.05) is 0 Å². The first-order valence-electron chi connectivity index (χ1n) is 5.06. The van der Waals surface area contributed by atoms with Gasteiger partial charge in [-0.05, 0) is 18.6 Å². The predicted molar refractivity (Wildman–Crippen MR) is 54.2 cm³/mol. The summed E-state index contributed by atoms with van der Waals surface area (Å²) >= 11 is 0. The molecule has 0 radical (unpaired) electrons. The van der Waals surface area contributed by atoms with Crippen LogP contribution >= 0.6 is 0 Å². The molecule has 1 aliphatic heterocycles. The highest BCUT2D eigenvalue weighted by molar-refractivity contribution is 5.89. The van der Waals surface area contributed by atoms with Gasteiger partial charge in [-0.1, -0.05) is 17.7 Å². The molecule has 0 bridgehead atoms. The fraction of sp³-hybridized carbons (Fsp3) is 0.333. The summed E-state index contributed by atoms with van der Waals surface area (Å²) in [5, 5.41) is 0. The second kappa shape index (κ2) is 4.04. The zero-order chi connectivity index (χ0) is 11.7. The van der Waals surface area contributed by atoms with Crippen molar-refractivity contribution < 1.29 is 18.7 Å². The van der Waals surface area contributed by atoms with Crippen LogP contribution in [-0.4, -0.2) is 11.9 Å². The smallest absolute Gasteiger partial charge is 0.314 e. The number of rotatable bonds is 1. The van der Waals surface area contributed by atoms with Crippen molar-refractivity contribution in [2.24, 2.45) is 0 Å². The molecule has 2 rings (SSSR count). The highest BCUT2D eigenvalue weighted by atomic mass is 19.1. The summed E-state index contributed by atoms with van der Waals surface area (Å²) in [5.74, 6) is -1.93. The van der Waals surface area contributed by atoms with Crippen LogP contribution in [0.2, 0.25) is 0 Å². The fourth-order valence-electron chi connectivity index (χ4n) is 1.88. The van der Waals surface area contributed by atoms with Crippen LogP contribution in [0, 0.1) is 12.7 Å². The molecule has 1 aliphatic rings. The molecule has 0 spiro atoms. The van der Waals surface area contributed by atoms with Crippen LogP contribution in [-0.2, 0) is 14.3 Å². The van der Waals surface area contributed by atoms with Gasteiger partial charge in [0.05, 0.1) is 12.8 Å². The lowest BCUT2D eigenvalue weighted by Crippen LogP contribution is -2.24. The molecular weight excluding hydrogens is 211 g/mol. The number of carbonyl (C=O) groups excluding carboxylic acids is 2. The summed E-state index contributed by atoms with van der Waals surface area (Å²) in [7, 11) is 0. The molecule has 0 aliphatic carbocycles. The molecule has 0 unspecified atom stereocenters. The normalized spacial score (nSPS) is 17.4. The first-order chi connectivity index (χ1) is 7.56. The van der Waals surface area contributed by atoms with E-state index >= 15 is 0 Å². The number of esters is 2. The Kier molecular flexibility index (Phi) is 2.73. The molecule has 1 aromatic carbocycles. The Morgan fingerprint density at radius 1 is 1.25 bits per heavy atom. The van der Waals surface area contributed by atoms with Crippen LogP contribution in [0.5, 0.6) is 0 Å². The van der Waals surface area contributed by atoms with E-state index in [2.05, 4.69) is 4.74 Å². The molecular formula is C12H11FO3. The van der Waals surface area contributed by atoms with E-state index in [1.165, 1.54) is 6.07 Å². The van der Waals surface area contributed by atoms with E-state index in [-0.39, 0.29) is 18.7 Å². The van der Waals surface area contributed by atoms with Crippen LogP contribution in [0.15, 0.2) is 18.2 Å². The van der Waals surface area contributed by atoms with Gasteiger partial charge in [0.25, 0.3) is 0 Å². The first kappa shape index (κ1) is 10.8.